The number of hydrogen-bond acceptors (Lipinski definition) is 2. The molecule has 2 aliphatic carbocycles. The fourth-order valence-electron chi connectivity index (χ4n) is 6.17. The van der Waals surface area contributed by atoms with Gasteiger partial charge in [0, 0.05) is 6.54 Å². The van der Waals surface area contributed by atoms with Crippen molar-refractivity contribution in [3.05, 3.63) is 0 Å². The summed E-state index contributed by atoms with van der Waals surface area (Å²) in [5.74, 6) is 4.21. The predicted octanol–water partition coefficient (Wildman–Crippen LogP) is 3.52. The highest BCUT2D eigenvalue weighted by atomic mass is 15.1. The molecule has 2 saturated heterocycles. The Labute approximate surface area is 131 Å². The normalized spacial score (nSPS) is 42.7. The molecule has 0 bridgehead atoms. The van der Waals surface area contributed by atoms with Crippen molar-refractivity contribution in [3.63, 3.8) is 0 Å². The average molecular weight is 290 g/mol. The third-order valence-electron chi connectivity index (χ3n) is 7.23. The molecule has 0 amide bonds. The largest absolute Gasteiger partial charge is 0.317 e. The molecule has 0 radical (unpaired) electrons. The summed E-state index contributed by atoms with van der Waals surface area (Å²) in [7, 11) is 0. The zero-order chi connectivity index (χ0) is 14.3. The van der Waals surface area contributed by atoms with Crippen molar-refractivity contribution in [2.75, 3.05) is 32.7 Å². The Balaban J connectivity index is 1.17. The topological polar surface area (TPSA) is 15.3 Å². The van der Waals surface area contributed by atoms with Crippen molar-refractivity contribution in [2.45, 2.75) is 58.3 Å². The first-order valence-corrected chi connectivity index (χ1v) is 9.65. The molecule has 120 valence electrons. The minimum Gasteiger partial charge on any atom is -0.317 e. The first-order valence-electron chi connectivity index (χ1n) is 9.65. The van der Waals surface area contributed by atoms with E-state index in [2.05, 4.69) is 17.1 Å². The Morgan fingerprint density at radius 2 is 1.57 bits per heavy atom. The molecule has 0 aromatic rings. The quantitative estimate of drug-likeness (QED) is 0.855. The molecule has 2 nitrogen and oxygen atoms in total. The van der Waals surface area contributed by atoms with Crippen LogP contribution in [0.15, 0.2) is 0 Å². The second-order valence-electron chi connectivity index (χ2n) is 9.01. The molecule has 1 N–H and O–H groups in total. The maximum Gasteiger partial charge on any atom is 0.00106 e. The molecular formula is C19H34N2. The monoisotopic (exact) mass is 290 g/mol. The first kappa shape index (κ1) is 14.5. The molecule has 0 aromatic heterocycles. The van der Waals surface area contributed by atoms with Gasteiger partial charge in [-0.3, -0.25) is 0 Å². The Bertz CT molecular complexity index is 339. The van der Waals surface area contributed by atoms with Crippen LogP contribution in [0.1, 0.15) is 58.3 Å². The number of piperidine rings is 2. The van der Waals surface area contributed by atoms with Gasteiger partial charge < -0.3 is 10.2 Å². The van der Waals surface area contributed by atoms with Crippen LogP contribution in [0.3, 0.4) is 0 Å². The summed E-state index contributed by atoms with van der Waals surface area (Å²) in [4.78, 5) is 2.78. The molecule has 2 heteroatoms. The molecule has 1 spiro atoms. The van der Waals surface area contributed by atoms with E-state index >= 15 is 0 Å². The van der Waals surface area contributed by atoms with E-state index in [0.717, 1.165) is 29.1 Å². The van der Waals surface area contributed by atoms with Gasteiger partial charge in [-0.1, -0.05) is 6.92 Å². The van der Waals surface area contributed by atoms with Gasteiger partial charge >= 0.3 is 0 Å². The molecule has 0 atom stereocenters. The summed E-state index contributed by atoms with van der Waals surface area (Å²) in [6.45, 7) is 9.13. The highest BCUT2D eigenvalue weighted by Gasteiger charge is 2.52. The molecule has 2 saturated carbocycles. The van der Waals surface area contributed by atoms with E-state index in [4.69, 9.17) is 0 Å². The molecule has 4 aliphatic rings. The standard InChI is InChI=1S/C19H34N2/c1-15-10-19(11-15)12-18(13-19)17-4-8-21(9-5-17)14-16-2-6-20-7-3-16/h15-18,20H,2-14H2,1H3. The Hall–Kier alpha value is -0.0800. The molecule has 4 rings (SSSR count). The number of rotatable bonds is 3. The van der Waals surface area contributed by atoms with Crippen LogP contribution in [0.5, 0.6) is 0 Å². The lowest BCUT2D eigenvalue weighted by molar-refractivity contribution is -0.0903. The third kappa shape index (κ3) is 3.03. The van der Waals surface area contributed by atoms with Crippen LogP contribution in [0.25, 0.3) is 0 Å². The second-order valence-corrected chi connectivity index (χ2v) is 9.01. The fourth-order valence-corrected chi connectivity index (χ4v) is 6.17. The van der Waals surface area contributed by atoms with Crippen LogP contribution >= 0.6 is 0 Å². The first-order chi connectivity index (χ1) is 10.2. The summed E-state index contributed by atoms with van der Waals surface area (Å²) >= 11 is 0. The fraction of sp³-hybridized carbons (Fsp3) is 1.00. The van der Waals surface area contributed by atoms with E-state index in [1.807, 2.05) is 0 Å². The molecular weight excluding hydrogens is 256 g/mol. The number of likely N-dealkylation sites (tertiary alicyclic amines) is 1. The summed E-state index contributed by atoms with van der Waals surface area (Å²) < 4.78 is 0. The lowest BCUT2D eigenvalue weighted by atomic mass is 9.46. The number of nitrogens with zero attached hydrogens (tertiary/aromatic N) is 1. The maximum absolute atomic E-state index is 3.49. The van der Waals surface area contributed by atoms with Gasteiger partial charge in [0.25, 0.3) is 0 Å². The molecule has 0 aromatic carbocycles. The van der Waals surface area contributed by atoms with Crippen molar-refractivity contribution >= 4 is 0 Å². The third-order valence-corrected chi connectivity index (χ3v) is 7.23. The van der Waals surface area contributed by atoms with Gasteiger partial charge in [-0.15, -0.1) is 0 Å². The SMILES string of the molecule is CC1CC2(C1)CC(C1CCN(CC3CCNCC3)CC1)C2. The van der Waals surface area contributed by atoms with Gasteiger partial charge in [0.2, 0.25) is 0 Å². The van der Waals surface area contributed by atoms with Crippen LogP contribution < -0.4 is 5.32 Å². The number of hydrogen-bond donors (Lipinski definition) is 1. The molecule has 2 heterocycles. The van der Waals surface area contributed by atoms with Gasteiger partial charge in [-0.25, -0.2) is 0 Å². The van der Waals surface area contributed by atoms with Gasteiger partial charge in [0.15, 0.2) is 0 Å². The van der Waals surface area contributed by atoms with Crippen LogP contribution in [0, 0.1) is 29.1 Å². The smallest absolute Gasteiger partial charge is 0.00106 e. The van der Waals surface area contributed by atoms with E-state index in [1.54, 1.807) is 25.7 Å². The predicted molar refractivity (Wildman–Crippen MR) is 88.3 cm³/mol. The van der Waals surface area contributed by atoms with E-state index in [0.29, 0.717) is 0 Å². The van der Waals surface area contributed by atoms with Crippen LogP contribution in [0.4, 0.5) is 0 Å². The van der Waals surface area contributed by atoms with Gasteiger partial charge in [0.1, 0.15) is 0 Å². The van der Waals surface area contributed by atoms with Crippen LogP contribution in [-0.2, 0) is 0 Å². The summed E-state index contributed by atoms with van der Waals surface area (Å²) in [5.41, 5.74) is 0.857. The van der Waals surface area contributed by atoms with E-state index in [1.165, 1.54) is 58.4 Å². The number of nitrogens with one attached hydrogen (secondary N) is 1. The molecule has 21 heavy (non-hydrogen) atoms. The van der Waals surface area contributed by atoms with Crippen LogP contribution in [-0.4, -0.2) is 37.6 Å². The van der Waals surface area contributed by atoms with E-state index < -0.39 is 0 Å². The Morgan fingerprint density at radius 1 is 0.905 bits per heavy atom. The summed E-state index contributed by atoms with van der Waals surface area (Å²) in [6, 6.07) is 0. The van der Waals surface area contributed by atoms with Crippen molar-refractivity contribution in [2.24, 2.45) is 29.1 Å². The lowest BCUT2D eigenvalue weighted by Gasteiger charge is -2.60. The minimum absolute atomic E-state index is 0.857. The Kier molecular flexibility index (Phi) is 4.04. The Morgan fingerprint density at radius 3 is 2.19 bits per heavy atom. The summed E-state index contributed by atoms with van der Waals surface area (Å²) in [5, 5.41) is 3.49. The van der Waals surface area contributed by atoms with Crippen molar-refractivity contribution < 1.29 is 0 Å². The minimum atomic E-state index is 0.857. The van der Waals surface area contributed by atoms with Crippen molar-refractivity contribution in [1.29, 1.82) is 0 Å². The second kappa shape index (κ2) is 5.85. The lowest BCUT2D eigenvalue weighted by Crippen LogP contribution is -2.50. The molecule has 4 fully saturated rings. The van der Waals surface area contributed by atoms with Crippen molar-refractivity contribution in [1.82, 2.24) is 10.2 Å². The maximum atomic E-state index is 3.49. The van der Waals surface area contributed by atoms with Crippen LogP contribution in [0.2, 0.25) is 0 Å². The van der Waals surface area contributed by atoms with E-state index in [-0.39, 0.29) is 0 Å². The van der Waals surface area contributed by atoms with Gasteiger partial charge in [-0.05, 0) is 107 Å². The molecule has 2 aliphatic heterocycles. The highest BCUT2D eigenvalue weighted by molar-refractivity contribution is 5.03. The van der Waals surface area contributed by atoms with Gasteiger partial charge in [0.05, 0.1) is 0 Å². The summed E-state index contributed by atoms with van der Waals surface area (Å²) in [6.07, 6.45) is 12.1. The average Bonchev–Trinajstić information content (AvgIpc) is 2.44. The zero-order valence-electron chi connectivity index (χ0n) is 13.9. The van der Waals surface area contributed by atoms with Gasteiger partial charge in [-0.2, -0.15) is 0 Å². The molecule has 0 unspecified atom stereocenters. The van der Waals surface area contributed by atoms with Crippen molar-refractivity contribution in [3.8, 4) is 0 Å². The zero-order valence-corrected chi connectivity index (χ0v) is 13.9. The highest BCUT2D eigenvalue weighted by Crippen LogP contribution is 2.63. The van der Waals surface area contributed by atoms with E-state index in [9.17, 15) is 0 Å².